The first-order chi connectivity index (χ1) is 18.0. The molecule has 0 aliphatic rings. The van der Waals surface area contributed by atoms with Gasteiger partial charge in [0.05, 0.1) is 16.3 Å². The molecule has 0 saturated carbocycles. The molecule has 38 heavy (non-hydrogen) atoms. The van der Waals surface area contributed by atoms with E-state index in [1.54, 1.807) is 49.1 Å². The molecule has 5 rings (SSSR count). The number of sulfonamides is 1. The maximum atomic E-state index is 13.1. The van der Waals surface area contributed by atoms with E-state index in [1.165, 1.54) is 35.4 Å². The molecule has 194 valence electrons. The SMILES string of the molecule is Cc1ccc(-c2cc(C(F)(F)F)nn2-c2ccc(S(N)(=O)=O)cc2)cc1.c1cc(-c2ccncc2)ccn1. The molecule has 2 aromatic carbocycles. The molecule has 2 N–H and O–H groups in total. The Morgan fingerprint density at radius 2 is 1.24 bits per heavy atom. The van der Waals surface area contributed by atoms with Gasteiger partial charge < -0.3 is 0 Å². The monoisotopic (exact) mass is 537 g/mol. The Morgan fingerprint density at radius 1 is 0.737 bits per heavy atom. The summed E-state index contributed by atoms with van der Waals surface area (Å²) in [6.07, 6.45) is 2.54. The topological polar surface area (TPSA) is 104 Å². The predicted octanol–water partition coefficient (Wildman–Crippen LogP) is 5.66. The van der Waals surface area contributed by atoms with Crippen molar-refractivity contribution >= 4 is 10.0 Å². The lowest BCUT2D eigenvalue weighted by molar-refractivity contribution is -0.141. The van der Waals surface area contributed by atoms with E-state index in [-0.39, 0.29) is 16.3 Å². The van der Waals surface area contributed by atoms with E-state index in [0.29, 0.717) is 5.56 Å². The van der Waals surface area contributed by atoms with E-state index < -0.39 is 21.9 Å². The van der Waals surface area contributed by atoms with Crippen molar-refractivity contribution in [2.45, 2.75) is 18.0 Å². The lowest BCUT2D eigenvalue weighted by Crippen LogP contribution is -2.12. The van der Waals surface area contributed by atoms with Gasteiger partial charge in [-0.15, -0.1) is 0 Å². The Labute approximate surface area is 217 Å². The molecular formula is C27H22F3N5O2S. The average molecular weight is 538 g/mol. The number of rotatable bonds is 4. The Kier molecular flexibility index (Phi) is 7.70. The molecule has 0 fully saturated rings. The van der Waals surface area contributed by atoms with Crippen LogP contribution < -0.4 is 5.14 Å². The van der Waals surface area contributed by atoms with Crippen LogP contribution in [0.2, 0.25) is 0 Å². The van der Waals surface area contributed by atoms with Gasteiger partial charge in [-0.2, -0.15) is 18.3 Å². The normalized spacial score (nSPS) is 11.5. The van der Waals surface area contributed by atoms with E-state index in [9.17, 15) is 21.6 Å². The summed E-state index contributed by atoms with van der Waals surface area (Å²) in [5.41, 5.74) is 3.34. The van der Waals surface area contributed by atoms with E-state index in [4.69, 9.17) is 5.14 Å². The summed E-state index contributed by atoms with van der Waals surface area (Å²) in [6.45, 7) is 1.87. The number of hydrogen-bond acceptors (Lipinski definition) is 5. The number of hydrogen-bond donors (Lipinski definition) is 1. The third kappa shape index (κ3) is 6.50. The molecule has 0 aliphatic carbocycles. The molecule has 3 aromatic heterocycles. The van der Waals surface area contributed by atoms with Crippen LogP contribution in [0.15, 0.2) is 109 Å². The molecule has 0 amide bonds. The minimum atomic E-state index is -4.61. The minimum absolute atomic E-state index is 0.138. The fourth-order valence-corrected chi connectivity index (χ4v) is 4.03. The number of pyridine rings is 2. The van der Waals surface area contributed by atoms with Gasteiger partial charge in [-0.1, -0.05) is 29.8 Å². The lowest BCUT2D eigenvalue weighted by Gasteiger charge is -2.09. The number of aryl methyl sites for hydroxylation is 1. The van der Waals surface area contributed by atoms with E-state index in [2.05, 4.69) is 15.1 Å². The second-order valence-electron chi connectivity index (χ2n) is 8.20. The van der Waals surface area contributed by atoms with Gasteiger partial charge in [-0.05, 0) is 72.6 Å². The van der Waals surface area contributed by atoms with Crippen molar-refractivity contribution in [3.05, 3.63) is 115 Å². The number of primary sulfonamides is 1. The Morgan fingerprint density at radius 3 is 1.68 bits per heavy atom. The summed E-state index contributed by atoms with van der Waals surface area (Å²) in [6, 6.07) is 21.0. The largest absolute Gasteiger partial charge is 0.435 e. The average Bonchev–Trinajstić information content (AvgIpc) is 3.37. The van der Waals surface area contributed by atoms with Gasteiger partial charge >= 0.3 is 6.18 Å². The van der Waals surface area contributed by atoms with Gasteiger partial charge in [0, 0.05) is 30.4 Å². The van der Waals surface area contributed by atoms with Crippen LogP contribution in [0.5, 0.6) is 0 Å². The Balaban J connectivity index is 0.000000232. The van der Waals surface area contributed by atoms with Crippen molar-refractivity contribution in [1.82, 2.24) is 19.7 Å². The van der Waals surface area contributed by atoms with Crippen molar-refractivity contribution in [1.29, 1.82) is 0 Å². The van der Waals surface area contributed by atoms with Gasteiger partial charge in [0.15, 0.2) is 5.69 Å². The molecule has 0 atom stereocenters. The number of alkyl halides is 3. The third-order valence-electron chi connectivity index (χ3n) is 5.45. The van der Waals surface area contributed by atoms with Crippen LogP contribution in [0.1, 0.15) is 11.3 Å². The highest BCUT2D eigenvalue weighted by molar-refractivity contribution is 7.89. The summed E-state index contributed by atoms with van der Waals surface area (Å²) in [4.78, 5) is 7.77. The molecule has 3 heterocycles. The second kappa shape index (κ2) is 11.0. The molecule has 0 bridgehead atoms. The zero-order valence-electron chi connectivity index (χ0n) is 20.0. The van der Waals surface area contributed by atoms with Gasteiger partial charge in [-0.25, -0.2) is 18.2 Å². The standard InChI is InChI=1S/C17H14F3N3O2S.C10H8N2/c1-11-2-4-12(5-3-11)15-10-16(17(18,19)20)22-23(15)13-6-8-14(9-7-13)26(21,24)25;1-5-11-6-2-9(1)10-3-7-12-8-4-10/h2-10H,1H3,(H2,21,24,25);1-8H. The fraction of sp³-hybridized carbons (Fsp3) is 0.0741. The summed E-state index contributed by atoms with van der Waals surface area (Å²) < 4.78 is 63.2. The minimum Gasteiger partial charge on any atom is -0.265 e. The van der Waals surface area contributed by atoms with Crippen molar-refractivity contribution in [3.63, 3.8) is 0 Å². The number of nitrogens with two attached hydrogens (primary N) is 1. The van der Waals surface area contributed by atoms with Crippen molar-refractivity contribution in [2.24, 2.45) is 5.14 Å². The highest BCUT2D eigenvalue weighted by Crippen LogP contribution is 2.33. The van der Waals surface area contributed by atoms with Crippen LogP contribution in [0, 0.1) is 6.92 Å². The second-order valence-corrected chi connectivity index (χ2v) is 9.76. The Hall–Kier alpha value is -4.35. The molecule has 7 nitrogen and oxygen atoms in total. The molecule has 0 spiro atoms. The summed E-state index contributed by atoms with van der Waals surface area (Å²) in [5.74, 6) is 0. The van der Waals surface area contributed by atoms with Crippen LogP contribution in [-0.2, 0) is 16.2 Å². The zero-order chi connectivity index (χ0) is 27.3. The zero-order valence-corrected chi connectivity index (χ0v) is 20.9. The molecule has 0 saturated heterocycles. The van der Waals surface area contributed by atoms with Crippen molar-refractivity contribution in [2.75, 3.05) is 0 Å². The highest BCUT2D eigenvalue weighted by atomic mass is 32.2. The van der Waals surface area contributed by atoms with E-state index in [0.717, 1.165) is 16.3 Å². The maximum absolute atomic E-state index is 13.1. The predicted molar refractivity (Wildman–Crippen MR) is 138 cm³/mol. The molecule has 0 radical (unpaired) electrons. The van der Waals surface area contributed by atoms with Gasteiger partial charge in [0.25, 0.3) is 0 Å². The maximum Gasteiger partial charge on any atom is 0.435 e. The van der Waals surface area contributed by atoms with Gasteiger partial charge in [0.1, 0.15) is 0 Å². The van der Waals surface area contributed by atoms with Crippen molar-refractivity contribution in [3.8, 4) is 28.1 Å². The van der Waals surface area contributed by atoms with E-state index in [1.807, 2.05) is 31.2 Å². The van der Waals surface area contributed by atoms with Crippen LogP contribution in [0.3, 0.4) is 0 Å². The number of aromatic nitrogens is 4. The first-order valence-corrected chi connectivity index (χ1v) is 12.7. The van der Waals surface area contributed by atoms with Crippen LogP contribution in [-0.4, -0.2) is 28.2 Å². The Bertz CT molecular complexity index is 1570. The summed E-state index contributed by atoms with van der Waals surface area (Å²) >= 11 is 0. The smallest absolute Gasteiger partial charge is 0.265 e. The quantitative estimate of drug-likeness (QED) is 0.319. The molecule has 0 unspecified atom stereocenters. The molecule has 11 heteroatoms. The van der Waals surface area contributed by atoms with Gasteiger partial charge in [-0.3, -0.25) is 9.97 Å². The number of benzene rings is 2. The molecule has 5 aromatic rings. The van der Waals surface area contributed by atoms with E-state index >= 15 is 0 Å². The number of nitrogens with zero attached hydrogens (tertiary/aromatic N) is 4. The van der Waals surface area contributed by atoms with Crippen LogP contribution >= 0.6 is 0 Å². The fourth-order valence-electron chi connectivity index (χ4n) is 3.51. The first kappa shape index (κ1) is 26.7. The molecular weight excluding hydrogens is 515 g/mol. The lowest BCUT2D eigenvalue weighted by atomic mass is 10.1. The summed E-state index contributed by atoms with van der Waals surface area (Å²) in [5, 5.41) is 8.70. The van der Waals surface area contributed by atoms with Crippen molar-refractivity contribution < 1.29 is 21.6 Å². The van der Waals surface area contributed by atoms with Gasteiger partial charge in [0.2, 0.25) is 10.0 Å². The molecule has 0 aliphatic heterocycles. The van der Waals surface area contributed by atoms with Crippen LogP contribution in [0.25, 0.3) is 28.1 Å². The number of halogens is 3. The highest BCUT2D eigenvalue weighted by Gasteiger charge is 2.35. The summed E-state index contributed by atoms with van der Waals surface area (Å²) in [7, 11) is -3.90. The third-order valence-corrected chi connectivity index (χ3v) is 6.38. The first-order valence-electron chi connectivity index (χ1n) is 11.2. The van der Waals surface area contributed by atoms with Crippen LogP contribution in [0.4, 0.5) is 13.2 Å².